The highest BCUT2D eigenvalue weighted by Gasteiger charge is 2.07. The van der Waals surface area contributed by atoms with Crippen LogP contribution >= 0.6 is 0 Å². The highest BCUT2D eigenvalue weighted by atomic mass is 32.2. The molecule has 1 atom stereocenters. The van der Waals surface area contributed by atoms with Crippen molar-refractivity contribution in [2.75, 3.05) is 39.2 Å². The molecule has 0 bridgehead atoms. The lowest BCUT2D eigenvalue weighted by molar-refractivity contribution is 0.172. The lowest BCUT2D eigenvalue weighted by Gasteiger charge is -2.14. The van der Waals surface area contributed by atoms with Crippen LogP contribution in [0.4, 0.5) is 0 Å². The molecular formula is C23H33N3O3S. The second-order valence-corrected chi connectivity index (χ2v) is 8.36. The fourth-order valence-corrected chi connectivity index (χ4v) is 3.75. The van der Waals surface area contributed by atoms with Crippen molar-refractivity contribution in [3.05, 3.63) is 59.7 Å². The van der Waals surface area contributed by atoms with Crippen LogP contribution in [0.1, 0.15) is 24.5 Å². The summed E-state index contributed by atoms with van der Waals surface area (Å²) in [7, 11) is 0.661. The third-order valence-corrected chi connectivity index (χ3v) is 5.68. The molecule has 0 aromatic heterocycles. The lowest BCUT2D eigenvalue weighted by Crippen LogP contribution is -2.39. The molecule has 2 aromatic carbocycles. The van der Waals surface area contributed by atoms with Crippen molar-refractivity contribution in [1.29, 1.82) is 0 Å². The van der Waals surface area contributed by atoms with Gasteiger partial charge in [-0.15, -0.1) is 0 Å². The Hall–Kier alpha value is -2.38. The van der Waals surface area contributed by atoms with E-state index in [1.165, 1.54) is 0 Å². The van der Waals surface area contributed by atoms with E-state index in [1.807, 2.05) is 50.2 Å². The predicted octanol–water partition coefficient (Wildman–Crippen LogP) is 3.27. The minimum Gasteiger partial charge on any atom is -0.493 e. The Morgan fingerprint density at radius 1 is 1.10 bits per heavy atom. The van der Waals surface area contributed by atoms with E-state index in [9.17, 15) is 4.21 Å². The maximum Gasteiger partial charge on any atom is 0.191 e. The number of hydrogen-bond donors (Lipinski definition) is 2. The molecule has 7 heteroatoms. The molecule has 164 valence electrons. The highest BCUT2D eigenvalue weighted by Crippen LogP contribution is 2.21. The van der Waals surface area contributed by atoms with Gasteiger partial charge in [0.25, 0.3) is 0 Å². The summed E-state index contributed by atoms with van der Waals surface area (Å²) in [4.78, 5) is 5.52. The van der Waals surface area contributed by atoms with Gasteiger partial charge in [0, 0.05) is 49.4 Å². The molecule has 0 aliphatic rings. The van der Waals surface area contributed by atoms with Crippen molar-refractivity contribution in [1.82, 2.24) is 10.6 Å². The van der Waals surface area contributed by atoms with E-state index in [4.69, 9.17) is 9.47 Å². The average Bonchev–Trinajstić information content (AvgIpc) is 2.76. The van der Waals surface area contributed by atoms with E-state index in [1.54, 1.807) is 7.11 Å². The second kappa shape index (κ2) is 13.8. The van der Waals surface area contributed by atoms with Gasteiger partial charge in [0.1, 0.15) is 5.75 Å². The maximum atomic E-state index is 12.4. The monoisotopic (exact) mass is 431 g/mol. The summed E-state index contributed by atoms with van der Waals surface area (Å²) in [5.74, 6) is 2.08. The average molecular weight is 432 g/mol. The van der Waals surface area contributed by atoms with Gasteiger partial charge in [0.15, 0.2) is 5.96 Å². The largest absolute Gasteiger partial charge is 0.493 e. The molecule has 0 fully saturated rings. The van der Waals surface area contributed by atoms with Crippen LogP contribution < -0.4 is 15.4 Å². The van der Waals surface area contributed by atoms with Gasteiger partial charge < -0.3 is 20.1 Å². The van der Waals surface area contributed by atoms with Crippen molar-refractivity contribution in [3.8, 4) is 5.75 Å². The Bertz CT molecular complexity index is 813. The van der Waals surface area contributed by atoms with E-state index < -0.39 is 10.8 Å². The van der Waals surface area contributed by atoms with Crippen LogP contribution in [0.3, 0.4) is 0 Å². The minimum atomic E-state index is -1.03. The molecule has 0 radical (unpaired) electrons. The van der Waals surface area contributed by atoms with Crippen LogP contribution in [-0.4, -0.2) is 49.3 Å². The molecule has 0 saturated heterocycles. The van der Waals surface area contributed by atoms with Gasteiger partial charge in [0.2, 0.25) is 0 Å². The van der Waals surface area contributed by atoms with Gasteiger partial charge in [-0.25, -0.2) is 4.99 Å². The standard InChI is InChI=1S/C23H33N3O3S/c1-4-24-23(25-13-16-30(27)21-9-6-5-7-10-21)26-18-20-12-11-19(2)17-22(20)29-15-8-14-28-3/h5-7,9-12,17H,4,8,13-16,18H2,1-3H3,(H2,24,25,26). The van der Waals surface area contributed by atoms with Crippen LogP contribution in [0.5, 0.6) is 5.75 Å². The molecular weight excluding hydrogens is 398 g/mol. The number of nitrogens with one attached hydrogen (secondary N) is 2. The zero-order chi connectivity index (χ0) is 21.6. The third kappa shape index (κ3) is 8.55. The number of benzene rings is 2. The summed E-state index contributed by atoms with van der Waals surface area (Å²) in [6.45, 7) is 7.18. The number of nitrogens with zero attached hydrogens (tertiary/aromatic N) is 1. The molecule has 6 nitrogen and oxygen atoms in total. The van der Waals surface area contributed by atoms with Crippen molar-refractivity contribution in [3.63, 3.8) is 0 Å². The molecule has 2 rings (SSSR count). The van der Waals surface area contributed by atoms with Gasteiger partial charge >= 0.3 is 0 Å². The molecule has 0 saturated carbocycles. The van der Waals surface area contributed by atoms with Crippen molar-refractivity contribution in [2.45, 2.75) is 31.7 Å². The fourth-order valence-electron chi connectivity index (χ4n) is 2.77. The van der Waals surface area contributed by atoms with Crippen LogP contribution in [0.2, 0.25) is 0 Å². The van der Waals surface area contributed by atoms with Gasteiger partial charge in [0.05, 0.1) is 24.0 Å². The summed E-state index contributed by atoms with van der Waals surface area (Å²) >= 11 is 0. The highest BCUT2D eigenvalue weighted by molar-refractivity contribution is 7.85. The number of aliphatic imine (C=N–C) groups is 1. The Morgan fingerprint density at radius 3 is 2.63 bits per heavy atom. The molecule has 0 amide bonds. The van der Waals surface area contributed by atoms with Crippen LogP contribution in [0.15, 0.2) is 58.4 Å². The van der Waals surface area contributed by atoms with Crippen molar-refractivity contribution < 1.29 is 13.7 Å². The summed E-state index contributed by atoms with van der Waals surface area (Å²) in [5, 5.41) is 6.51. The first-order valence-corrected chi connectivity index (χ1v) is 11.6. The number of hydrogen-bond acceptors (Lipinski definition) is 4. The molecule has 1 unspecified atom stereocenters. The van der Waals surface area contributed by atoms with Crippen molar-refractivity contribution >= 4 is 16.8 Å². The van der Waals surface area contributed by atoms with Crippen molar-refractivity contribution in [2.24, 2.45) is 4.99 Å². The smallest absolute Gasteiger partial charge is 0.191 e. The Morgan fingerprint density at radius 2 is 1.90 bits per heavy atom. The molecule has 0 aliphatic carbocycles. The Kier molecular flexibility index (Phi) is 11.0. The molecule has 0 spiro atoms. The molecule has 2 aromatic rings. The van der Waals surface area contributed by atoms with E-state index in [0.29, 0.717) is 38.0 Å². The molecule has 30 heavy (non-hydrogen) atoms. The Balaban J connectivity index is 1.94. The van der Waals surface area contributed by atoms with Gasteiger partial charge in [-0.1, -0.05) is 30.3 Å². The predicted molar refractivity (Wildman–Crippen MR) is 124 cm³/mol. The first-order chi connectivity index (χ1) is 14.6. The zero-order valence-electron chi connectivity index (χ0n) is 18.1. The van der Waals surface area contributed by atoms with Crippen LogP contribution in [-0.2, 0) is 22.1 Å². The minimum absolute atomic E-state index is 0.497. The number of rotatable bonds is 12. The van der Waals surface area contributed by atoms with E-state index in [2.05, 4.69) is 27.8 Å². The normalized spacial score (nSPS) is 12.4. The van der Waals surface area contributed by atoms with E-state index in [0.717, 1.165) is 34.7 Å². The van der Waals surface area contributed by atoms with Crippen LogP contribution in [0, 0.1) is 6.92 Å². The van der Waals surface area contributed by atoms with Crippen LogP contribution in [0.25, 0.3) is 0 Å². The molecule has 2 N–H and O–H groups in total. The van der Waals surface area contributed by atoms with Gasteiger partial charge in [-0.2, -0.15) is 0 Å². The summed E-state index contributed by atoms with van der Waals surface area (Å²) < 4.78 is 23.4. The second-order valence-electron chi connectivity index (χ2n) is 6.79. The topological polar surface area (TPSA) is 72.0 Å². The first-order valence-electron chi connectivity index (χ1n) is 10.3. The zero-order valence-corrected chi connectivity index (χ0v) is 19.0. The maximum absolute atomic E-state index is 12.4. The summed E-state index contributed by atoms with van der Waals surface area (Å²) in [5.41, 5.74) is 2.18. The van der Waals surface area contributed by atoms with Gasteiger partial charge in [-0.3, -0.25) is 4.21 Å². The number of methoxy groups -OCH3 is 1. The molecule has 0 aliphatic heterocycles. The van der Waals surface area contributed by atoms with E-state index in [-0.39, 0.29) is 0 Å². The summed E-state index contributed by atoms with van der Waals surface area (Å²) in [6, 6.07) is 15.7. The van der Waals surface area contributed by atoms with Gasteiger partial charge in [-0.05, 0) is 37.6 Å². The third-order valence-electron chi connectivity index (χ3n) is 4.31. The summed E-state index contributed by atoms with van der Waals surface area (Å²) in [6.07, 6.45) is 0.843. The fraction of sp³-hybridized carbons (Fsp3) is 0.435. The first kappa shape index (κ1) is 23.9. The SMILES string of the molecule is CCNC(=NCc1ccc(C)cc1OCCCOC)NCCS(=O)c1ccccc1. The molecule has 0 heterocycles. The van der Waals surface area contributed by atoms with E-state index >= 15 is 0 Å². The number of guanidine groups is 1. The lowest BCUT2D eigenvalue weighted by atomic mass is 10.1. The number of ether oxygens (including phenoxy) is 2. The quantitative estimate of drug-likeness (QED) is 0.307. The number of aryl methyl sites for hydroxylation is 1. The Labute approximate surface area is 182 Å².